The van der Waals surface area contributed by atoms with Crippen molar-refractivity contribution in [2.75, 3.05) is 6.61 Å². The van der Waals surface area contributed by atoms with Gasteiger partial charge in [-0.25, -0.2) is 4.79 Å². The zero-order chi connectivity index (χ0) is 21.0. The quantitative estimate of drug-likeness (QED) is 0.432. The second-order valence-corrected chi connectivity index (χ2v) is 7.67. The van der Waals surface area contributed by atoms with Crippen LogP contribution in [0, 0.1) is 0 Å². The number of hydrogen-bond donors (Lipinski definition) is 2. The Labute approximate surface area is 173 Å². The molecule has 0 aliphatic rings. The first-order valence-electron chi connectivity index (χ1n) is 9.26. The number of aliphatic hydroxyl groups excluding tert-OH is 1. The Bertz CT molecular complexity index is 1060. The summed E-state index contributed by atoms with van der Waals surface area (Å²) in [7, 11) is 1.90. The van der Waals surface area contributed by atoms with E-state index in [1.807, 2.05) is 48.0 Å². The molecular formula is C22H23NO5S. The highest BCUT2D eigenvalue weighted by molar-refractivity contribution is 7.98. The summed E-state index contributed by atoms with van der Waals surface area (Å²) in [4.78, 5) is 24.6. The van der Waals surface area contributed by atoms with Gasteiger partial charge in [0.15, 0.2) is 0 Å². The maximum absolute atomic E-state index is 12.7. The van der Waals surface area contributed by atoms with E-state index < -0.39 is 5.97 Å². The van der Waals surface area contributed by atoms with Crippen molar-refractivity contribution in [1.29, 1.82) is 0 Å². The highest BCUT2D eigenvalue weighted by Crippen LogP contribution is 2.32. The molecule has 0 atom stereocenters. The molecule has 0 unspecified atom stereocenters. The number of aliphatic hydroxyl groups is 1. The van der Waals surface area contributed by atoms with Crippen molar-refractivity contribution in [2.45, 2.75) is 30.6 Å². The Hall–Kier alpha value is -2.77. The van der Waals surface area contributed by atoms with Crippen molar-refractivity contribution in [3.8, 4) is 0 Å². The summed E-state index contributed by atoms with van der Waals surface area (Å²) in [5.74, 6) is -0.738. The number of thioether (sulfide) groups is 1. The summed E-state index contributed by atoms with van der Waals surface area (Å²) >= 11 is 1.53. The number of aromatic nitrogens is 1. The Balaban J connectivity index is 1.98. The first-order valence-corrected chi connectivity index (χ1v) is 10.2. The molecule has 2 N–H and O–H groups in total. The van der Waals surface area contributed by atoms with Crippen LogP contribution in [0.25, 0.3) is 10.9 Å². The molecule has 7 heteroatoms. The van der Waals surface area contributed by atoms with Crippen LogP contribution in [0.2, 0.25) is 0 Å². The third-order valence-corrected chi connectivity index (χ3v) is 5.68. The maximum atomic E-state index is 12.7. The standard InChI is InChI=1S/C22H23NO5S/c1-3-28-22(27)21-17-10-15(12-24)7-8-18(17)23(2)19(21)13-29-16-6-4-5-14(9-16)11-20(25)26/h4-10,24H,3,11-13H2,1-2H3,(H,25,26). The highest BCUT2D eigenvalue weighted by atomic mass is 32.2. The van der Waals surface area contributed by atoms with Crippen molar-refractivity contribution in [2.24, 2.45) is 7.05 Å². The van der Waals surface area contributed by atoms with Gasteiger partial charge in [-0.05, 0) is 42.3 Å². The lowest BCUT2D eigenvalue weighted by atomic mass is 10.1. The van der Waals surface area contributed by atoms with Gasteiger partial charge in [-0.15, -0.1) is 11.8 Å². The van der Waals surface area contributed by atoms with Gasteiger partial charge in [-0.1, -0.05) is 18.2 Å². The average molecular weight is 413 g/mol. The maximum Gasteiger partial charge on any atom is 0.340 e. The van der Waals surface area contributed by atoms with Crippen molar-refractivity contribution < 1.29 is 24.5 Å². The lowest BCUT2D eigenvalue weighted by molar-refractivity contribution is -0.136. The van der Waals surface area contributed by atoms with E-state index in [1.54, 1.807) is 13.0 Å². The number of fused-ring (bicyclic) bond motifs is 1. The Morgan fingerprint density at radius 3 is 2.62 bits per heavy atom. The molecule has 0 saturated carbocycles. The van der Waals surface area contributed by atoms with Gasteiger partial charge in [0.25, 0.3) is 0 Å². The van der Waals surface area contributed by atoms with Crippen molar-refractivity contribution in [3.05, 3.63) is 64.8 Å². The largest absolute Gasteiger partial charge is 0.481 e. The zero-order valence-electron chi connectivity index (χ0n) is 16.3. The molecule has 1 heterocycles. The van der Waals surface area contributed by atoms with E-state index in [-0.39, 0.29) is 25.6 Å². The van der Waals surface area contributed by atoms with Crippen LogP contribution in [0.4, 0.5) is 0 Å². The first-order chi connectivity index (χ1) is 13.9. The number of ether oxygens (including phenoxy) is 1. The first kappa shape index (κ1) is 21.0. The van der Waals surface area contributed by atoms with Gasteiger partial charge in [0.05, 0.1) is 25.2 Å². The second kappa shape index (κ2) is 9.15. The molecule has 0 bridgehead atoms. The lowest BCUT2D eigenvalue weighted by Gasteiger charge is -2.09. The SMILES string of the molecule is CCOC(=O)c1c(CSc2cccc(CC(=O)O)c2)n(C)c2ccc(CO)cc12. The third kappa shape index (κ3) is 4.63. The van der Waals surface area contributed by atoms with Crippen LogP contribution in [-0.2, 0) is 35.4 Å². The van der Waals surface area contributed by atoms with Gasteiger partial charge >= 0.3 is 11.9 Å². The molecule has 3 rings (SSSR count). The number of hydrogen-bond acceptors (Lipinski definition) is 5. The Morgan fingerprint density at radius 1 is 1.14 bits per heavy atom. The molecule has 29 heavy (non-hydrogen) atoms. The van der Waals surface area contributed by atoms with Crippen LogP contribution in [0.3, 0.4) is 0 Å². The molecule has 0 amide bonds. The number of carbonyl (C=O) groups is 2. The predicted molar refractivity (Wildman–Crippen MR) is 112 cm³/mol. The highest BCUT2D eigenvalue weighted by Gasteiger charge is 2.22. The molecule has 6 nitrogen and oxygen atoms in total. The fourth-order valence-corrected chi connectivity index (χ4v) is 4.37. The normalized spacial score (nSPS) is 11.0. The number of carbonyl (C=O) groups excluding carboxylic acids is 1. The van der Waals surface area contributed by atoms with Gasteiger partial charge in [0.2, 0.25) is 0 Å². The molecule has 1 aromatic heterocycles. The fraction of sp³-hybridized carbons (Fsp3) is 0.273. The molecule has 3 aromatic rings. The van der Waals surface area contributed by atoms with Crippen LogP contribution in [0.15, 0.2) is 47.4 Å². The number of aryl methyl sites for hydroxylation is 1. The predicted octanol–water partition coefficient (Wildman–Crippen LogP) is 3.77. The Morgan fingerprint density at radius 2 is 1.93 bits per heavy atom. The fourth-order valence-electron chi connectivity index (χ4n) is 3.31. The molecule has 0 radical (unpaired) electrons. The molecule has 0 fully saturated rings. The Kier molecular flexibility index (Phi) is 6.61. The van der Waals surface area contributed by atoms with Gasteiger partial charge < -0.3 is 19.5 Å². The average Bonchev–Trinajstić information content (AvgIpc) is 2.97. The number of carboxylic acids is 1. The summed E-state index contributed by atoms with van der Waals surface area (Å²) in [5.41, 5.74) is 3.68. The molecule has 0 saturated heterocycles. The minimum atomic E-state index is -0.870. The number of benzene rings is 2. The van der Waals surface area contributed by atoms with E-state index in [4.69, 9.17) is 9.84 Å². The van der Waals surface area contributed by atoms with Crippen molar-refractivity contribution in [3.63, 3.8) is 0 Å². The number of nitrogens with zero attached hydrogens (tertiary/aromatic N) is 1. The van der Waals surface area contributed by atoms with Gasteiger partial charge in [0.1, 0.15) is 0 Å². The van der Waals surface area contributed by atoms with Gasteiger partial charge in [0, 0.05) is 34.3 Å². The van der Waals surface area contributed by atoms with Crippen LogP contribution in [0.1, 0.15) is 34.1 Å². The minimum Gasteiger partial charge on any atom is -0.481 e. The van der Waals surface area contributed by atoms with Gasteiger partial charge in [-0.2, -0.15) is 0 Å². The van der Waals surface area contributed by atoms with E-state index in [0.29, 0.717) is 11.3 Å². The van der Waals surface area contributed by atoms with Gasteiger partial charge in [-0.3, -0.25) is 4.79 Å². The van der Waals surface area contributed by atoms with Crippen LogP contribution < -0.4 is 0 Å². The van der Waals surface area contributed by atoms with Crippen LogP contribution in [0.5, 0.6) is 0 Å². The number of esters is 1. The zero-order valence-corrected chi connectivity index (χ0v) is 17.2. The van der Waals surface area contributed by atoms with E-state index in [2.05, 4.69) is 0 Å². The van der Waals surface area contributed by atoms with E-state index in [0.717, 1.165) is 32.6 Å². The summed E-state index contributed by atoms with van der Waals surface area (Å²) in [6, 6.07) is 13.0. The van der Waals surface area contributed by atoms with Crippen LogP contribution in [-0.4, -0.2) is 33.3 Å². The molecular weight excluding hydrogens is 390 g/mol. The molecule has 0 aliphatic heterocycles. The second-order valence-electron chi connectivity index (χ2n) is 6.62. The summed E-state index contributed by atoms with van der Waals surface area (Å²) in [6.07, 6.45) is -0.0273. The van der Waals surface area contributed by atoms with Crippen molar-refractivity contribution in [1.82, 2.24) is 4.57 Å². The summed E-state index contributed by atoms with van der Waals surface area (Å²) in [5, 5.41) is 19.2. The smallest absolute Gasteiger partial charge is 0.340 e. The monoisotopic (exact) mass is 413 g/mol. The molecule has 2 aromatic carbocycles. The molecule has 0 spiro atoms. The molecule has 0 aliphatic carbocycles. The number of rotatable bonds is 8. The third-order valence-electron chi connectivity index (χ3n) is 4.68. The van der Waals surface area contributed by atoms with E-state index in [1.165, 1.54) is 11.8 Å². The topological polar surface area (TPSA) is 88.8 Å². The summed E-state index contributed by atoms with van der Waals surface area (Å²) < 4.78 is 7.26. The lowest BCUT2D eigenvalue weighted by Crippen LogP contribution is -2.08. The van der Waals surface area contributed by atoms with Crippen LogP contribution >= 0.6 is 11.8 Å². The van der Waals surface area contributed by atoms with E-state index >= 15 is 0 Å². The minimum absolute atomic E-state index is 0.0273. The number of carboxylic acid groups (broad SMARTS) is 1. The van der Waals surface area contributed by atoms with Crippen molar-refractivity contribution >= 4 is 34.6 Å². The summed E-state index contributed by atoms with van der Waals surface area (Å²) in [6.45, 7) is 1.94. The van der Waals surface area contributed by atoms with E-state index in [9.17, 15) is 14.7 Å². The number of aliphatic carboxylic acids is 1. The molecule has 152 valence electrons.